The number of hydrogen-bond donors (Lipinski definition) is 1. The smallest absolute Gasteiger partial charge is 1.00 e. The molecule has 3 nitrogen and oxygen atoms in total. The van der Waals surface area contributed by atoms with Crippen molar-refractivity contribution in [3.63, 3.8) is 0 Å². The van der Waals surface area contributed by atoms with E-state index in [-0.39, 0.29) is 26.2 Å². The molecule has 0 heterocycles. The fourth-order valence-electron chi connectivity index (χ4n) is 0.312. The second-order valence-electron chi connectivity index (χ2n) is 1.70. The first-order chi connectivity index (χ1) is 3.13. The first-order valence-electron chi connectivity index (χ1n) is 2.06. The molecule has 0 atom stereocenters. The molecule has 0 aromatic rings. The summed E-state index contributed by atoms with van der Waals surface area (Å²) in [4.78, 5) is 11.7. The third kappa shape index (κ3) is 9.39. The molecule has 0 rings (SSSR count). The summed E-state index contributed by atoms with van der Waals surface area (Å²) in [5, 5.41) is 0. The Morgan fingerprint density at radius 2 is 2.12 bits per heavy atom. The van der Waals surface area contributed by atoms with Crippen LogP contribution in [0.15, 0.2) is 0 Å². The molecule has 0 saturated heterocycles. The van der Waals surface area contributed by atoms with Gasteiger partial charge in [0.05, 0.1) is 6.54 Å². The number of rotatable bonds is 2. The van der Waals surface area contributed by atoms with Crippen LogP contribution in [-0.4, -0.2) is 31.4 Å². The van der Waals surface area contributed by atoms with Gasteiger partial charge in [0.1, 0.15) is 0 Å². The van der Waals surface area contributed by atoms with E-state index in [2.05, 4.69) is 0 Å². The molecule has 0 fully saturated rings. The molecule has 2 N–H and O–H groups in total. The Morgan fingerprint density at radius 3 is 2.12 bits per heavy atom. The minimum absolute atomic E-state index is 0. The van der Waals surface area contributed by atoms with Crippen LogP contribution in [0.4, 0.5) is 0 Å². The second kappa shape index (κ2) is 5.17. The number of hydrogen-bond acceptors (Lipinski definition) is 2. The molecular weight excluding hydrogens is 99.0 g/mol. The zero-order chi connectivity index (χ0) is 5.86. The van der Waals surface area contributed by atoms with Crippen LogP contribution >= 0.6 is 0 Å². The summed E-state index contributed by atoms with van der Waals surface area (Å²) in [6.07, 6.45) is 0. The summed E-state index contributed by atoms with van der Waals surface area (Å²) in [5.74, 6) is -0.287. The van der Waals surface area contributed by atoms with E-state index in [1.807, 2.05) is 0 Å². The van der Waals surface area contributed by atoms with E-state index in [4.69, 9.17) is 5.73 Å². The van der Waals surface area contributed by atoms with E-state index in [0.29, 0.717) is 6.54 Å². The fourth-order valence-corrected chi connectivity index (χ4v) is 0.312. The maximum absolute atomic E-state index is 9.99. The summed E-state index contributed by atoms with van der Waals surface area (Å²) in [7, 11) is 3.59. The van der Waals surface area contributed by atoms with Crippen LogP contribution in [0.3, 0.4) is 0 Å². The summed E-state index contributed by atoms with van der Waals surface area (Å²) >= 11 is 0. The third-order valence-corrected chi connectivity index (χ3v) is 0.472. The zero-order valence-corrected chi connectivity index (χ0v) is 5.64. The molecule has 0 aromatic heterocycles. The molecule has 0 unspecified atom stereocenters. The van der Waals surface area contributed by atoms with Gasteiger partial charge in [-0.15, -0.1) is 0 Å². The quantitative estimate of drug-likeness (QED) is 0.370. The van der Waals surface area contributed by atoms with Gasteiger partial charge in [-0.1, -0.05) is 0 Å². The minimum Gasteiger partial charge on any atom is -1.00 e. The number of carbonyl (C=O) groups excluding carboxylic acids is 1. The van der Waals surface area contributed by atoms with Crippen molar-refractivity contribution < 1.29 is 25.1 Å². The number of amides is 1. The Labute approximate surface area is 62.9 Å². The number of nitrogens with zero attached hydrogens (tertiary/aromatic N) is 1. The Hall–Kier alpha value is 0.0274. The normalized spacial score (nSPS) is 8.38. The fraction of sp³-hybridized carbons (Fsp3) is 0.750. The molecule has 8 heavy (non-hydrogen) atoms. The molecule has 0 radical (unpaired) electrons. The van der Waals surface area contributed by atoms with E-state index in [1.165, 1.54) is 0 Å². The largest absolute Gasteiger partial charge is 1.00 e. The standard InChI is InChI=1S/C4H10N2O.Li.H/c1-6(2)3-4(5)7;;/h3H2,1-2H3,(H2,5,7);;/q;+1;-1. The van der Waals surface area contributed by atoms with Crippen molar-refractivity contribution in [1.29, 1.82) is 0 Å². The van der Waals surface area contributed by atoms with Gasteiger partial charge in [-0.25, -0.2) is 0 Å². The van der Waals surface area contributed by atoms with Crippen LogP contribution in [0.5, 0.6) is 0 Å². The molecule has 0 aromatic carbocycles. The topological polar surface area (TPSA) is 46.3 Å². The number of carbonyl (C=O) groups is 1. The van der Waals surface area contributed by atoms with Gasteiger partial charge in [-0.05, 0) is 14.1 Å². The van der Waals surface area contributed by atoms with Gasteiger partial charge >= 0.3 is 18.9 Å². The van der Waals surface area contributed by atoms with Crippen molar-refractivity contribution in [1.82, 2.24) is 4.90 Å². The van der Waals surface area contributed by atoms with Crippen molar-refractivity contribution in [3.05, 3.63) is 0 Å². The Balaban J connectivity index is -0.000000180. The van der Waals surface area contributed by atoms with E-state index in [0.717, 1.165) is 0 Å². The van der Waals surface area contributed by atoms with Crippen molar-refractivity contribution in [2.45, 2.75) is 0 Å². The van der Waals surface area contributed by atoms with Gasteiger partial charge in [0, 0.05) is 0 Å². The van der Waals surface area contributed by atoms with Gasteiger partial charge in [-0.3, -0.25) is 4.79 Å². The molecule has 0 aliphatic rings. The molecule has 0 saturated carbocycles. The van der Waals surface area contributed by atoms with Crippen LogP contribution in [0, 0.1) is 0 Å². The van der Waals surface area contributed by atoms with Crippen molar-refractivity contribution in [2.24, 2.45) is 5.73 Å². The van der Waals surface area contributed by atoms with Gasteiger partial charge in [-0.2, -0.15) is 0 Å². The Bertz CT molecular complexity index is 79.0. The summed E-state index contributed by atoms with van der Waals surface area (Å²) < 4.78 is 0. The van der Waals surface area contributed by atoms with Crippen molar-refractivity contribution >= 4 is 5.91 Å². The van der Waals surface area contributed by atoms with E-state index >= 15 is 0 Å². The van der Waals surface area contributed by atoms with Crippen molar-refractivity contribution in [2.75, 3.05) is 20.6 Å². The predicted octanol–water partition coefficient (Wildman–Crippen LogP) is -3.85. The van der Waals surface area contributed by atoms with E-state index in [9.17, 15) is 4.79 Å². The van der Waals surface area contributed by atoms with Crippen LogP contribution in [0.25, 0.3) is 0 Å². The maximum Gasteiger partial charge on any atom is 1.00 e. The van der Waals surface area contributed by atoms with Gasteiger partial charge < -0.3 is 12.1 Å². The molecule has 4 heteroatoms. The first-order valence-corrected chi connectivity index (χ1v) is 2.06. The molecule has 0 spiro atoms. The molecule has 44 valence electrons. The monoisotopic (exact) mass is 110 g/mol. The summed E-state index contributed by atoms with van der Waals surface area (Å²) in [6.45, 7) is 0.333. The van der Waals surface area contributed by atoms with Crippen molar-refractivity contribution in [3.8, 4) is 0 Å². The molecule has 1 amide bonds. The zero-order valence-electron chi connectivity index (χ0n) is 6.64. The molecule has 0 aliphatic carbocycles. The number of primary amides is 1. The molecule has 0 bridgehead atoms. The number of likely N-dealkylation sites (N-methyl/N-ethyl adjacent to an activating group) is 1. The minimum atomic E-state index is -0.287. The number of nitrogens with two attached hydrogens (primary N) is 1. The predicted molar refractivity (Wildman–Crippen MR) is 28.9 cm³/mol. The van der Waals surface area contributed by atoms with Crippen LogP contribution < -0.4 is 24.6 Å². The Kier molecular flexibility index (Phi) is 7.05. The molecule has 0 aliphatic heterocycles. The van der Waals surface area contributed by atoms with Gasteiger partial charge in [0.25, 0.3) is 0 Å². The SMILES string of the molecule is CN(C)CC(N)=O.[H-].[Li+]. The van der Waals surface area contributed by atoms with Crippen LogP contribution in [-0.2, 0) is 4.79 Å². The first kappa shape index (κ1) is 10.9. The van der Waals surface area contributed by atoms with E-state index < -0.39 is 0 Å². The van der Waals surface area contributed by atoms with Crippen LogP contribution in [0.2, 0.25) is 0 Å². The summed E-state index contributed by atoms with van der Waals surface area (Å²) in [5.41, 5.74) is 4.81. The summed E-state index contributed by atoms with van der Waals surface area (Å²) in [6, 6.07) is 0. The van der Waals surface area contributed by atoms with E-state index in [1.54, 1.807) is 19.0 Å². The average molecular weight is 110 g/mol. The Morgan fingerprint density at radius 1 is 1.75 bits per heavy atom. The second-order valence-corrected chi connectivity index (χ2v) is 1.70. The third-order valence-electron chi connectivity index (χ3n) is 0.472. The van der Waals surface area contributed by atoms with Gasteiger partial charge in [0.2, 0.25) is 5.91 Å². The average Bonchev–Trinajstić information content (AvgIpc) is 1.27. The maximum atomic E-state index is 9.99. The van der Waals surface area contributed by atoms with Crippen LogP contribution in [0.1, 0.15) is 1.43 Å². The molecular formula is C4H11LiN2O. The van der Waals surface area contributed by atoms with Gasteiger partial charge in [0.15, 0.2) is 0 Å².